The molecular weight excluding hydrogens is 660 g/mol. The molecule has 1 aromatic carbocycles. The summed E-state index contributed by atoms with van der Waals surface area (Å²) >= 11 is 0. The summed E-state index contributed by atoms with van der Waals surface area (Å²) in [6, 6.07) is 2.49. The van der Waals surface area contributed by atoms with Crippen molar-refractivity contribution in [2.75, 3.05) is 19.7 Å². The number of amides is 6. The maximum atomic E-state index is 13.8. The second kappa shape index (κ2) is 21.4. The van der Waals surface area contributed by atoms with Crippen molar-refractivity contribution in [2.45, 2.75) is 102 Å². The zero-order chi connectivity index (χ0) is 38.1. The number of aliphatic imine (C=N–C) groups is 1. The van der Waals surface area contributed by atoms with Crippen LogP contribution in [0.1, 0.15) is 65.4 Å². The minimum absolute atomic E-state index is 0.00823. The van der Waals surface area contributed by atoms with Crippen molar-refractivity contribution < 1.29 is 33.9 Å². The Bertz CT molecular complexity index is 1350. The first-order chi connectivity index (χ1) is 24.1. The van der Waals surface area contributed by atoms with Crippen molar-refractivity contribution >= 4 is 41.4 Å². The van der Waals surface area contributed by atoms with E-state index in [1.165, 1.54) is 0 Å². The van der Waals surface area contributed by atoms with Crippen molar-refractivity contribution in [3.8, 4) is 0 Å². The molecule has 17 heteroatoms. The molecule has 0 spiro atoms. The van der Waals surface area contributed by atoms with E-state index >= 15 is 0 Å². The van der Waals surface area contributed by atoms with Crippen LogP contribution < -0.4 is 49.1 Å². The fraction of sp³-hybridized carbons (Fsp3) is 0.618. The maximum Gasteiger partial charge on any atom is 0.245 e. The first-order valence-corrected chi connectivity index (χ1v) is 17.4. The first-order valence-electron chi connectivity index (χ1n) is 17.4. The molecule has 1 fully saturated rings. The minimum atomic E-state index is -1.50. The van der Waals surface area contributed by atoms with Gasteiger partial charge in [0.05, 0.1) is 12.6 Å². The zero-order valence-corrected chi connectivity index (χ0v) is 29.9. The largest absolute Gasteiger partial charge is 0.394 e. The van der Waals surface area contributed by atoms with Gasteiger partial charge in [-0.1, -0.05) is 58.0 Å². The summed E-state index contributed by atoms with van der Waals surface area (Å²) in [6.07, 6.45) is 2.09. The number of benzene rings is 1. The van der Waals surface area contributed by atoms with Gasteiger partial charge in [-0.05, 0) is 56.0 Å². The molecule has 6 atom stereocenters. The van der Waals surface area contributed by atoms with Gasteiger partial charge >= 0.3 is 0 Å². The third kappa shape index (κ3) is 14.9. The molecule has 0 aliphatic carbocycles. The number of nitrogens with two attached hydrogens (primary N) is 3. The Balaban J connectivity index is 2.26. The molecule has 0 saturated carbocycles. The molecule has 1 aliphatic rings. The average Bonchev–Trinajstić information content (AvgIpc) is 3.62. The van der Waals surface area contributed by atoms with Crippen LogP contribution in [0, 0.1) is 11.8 Å². The molecule has 0 radical (unpaired) electrons. The molecule has 17 nitrogen and oxygen atoms in total. The van der Waals surface area contributed by atoms with Crippen molar-refractivity contribution in [3.05, 3.63) is 35.9 Å². The van der Waals surface area contributed by atoms with Crippen molar-refractivity contribution in [1.82, 2.24) is 31.9 Å². The first kappa shape index (κ1) is 42.4. The Hall–Kier alpha value is -4.77. The van der Waals surface area contributed by atoms with Gasteiger partial charge in [0.25, 0.3) is 0 Å². The highest BCUT2D eigenvalue weighted by molar-refractivity contribution is 5.96. The molecule has 1 aliphatic heterocycles. The summed E-state index contributed by atoms with van der Waals surface area (Å²) in [4.78, 5) is 82.8. The smallest absolute Gasteiger partial charge is 0.245 e. The second-order valence-corrected chi connectivity index (χ2v) is 13.5. The molecular formula is C34H56N10O7. The van der Waals surface area contributed by atoms with Crippen molar-refractivity contribution in [1.29, 1.82) is 0 Å². The molecule has 0 unspecified atom stereocenters. The van der Waals surface area contributed by atoms with Crippen LogP contribution in [0.2, 0.25) is 0 Å². The van der Waals surface area contributed by atoms with Crippen LogP contribution in [-0.2, 0) is 35.2 Å². The Kier molecular flexibility index (Phi) is 17.8. The minimum Gasteiger partial charge on any atom is -0.394 e. The predicted octanol–water partition coefficient (Wildman–Crippen LogP) is -2.36. The van der Waals surface area contributed by atoms with Crippen LogP contribution in [0.4, 0.5) is 0 Å². The summed E-state index contributed by atoms with van der Waals surface area (Å²) in [7, 11) is 0. The van der Waals surface area contributed by atoms with Crippen LogP contribution in [-0.4, -0.2) is 102 Å². The van der Waals surface area contributed by atoms with E-state index in [4.69, 9.17) is 17.2 Å². The highest BCUT2D eigenvalue weighted by Gasteiger charge is 2.33. The van der Waals surface area contributed by atoms with E-state index in [1.807, 2.05) is 13.8 Å². The summed E-state index contributed by atoms with van der Waals surface area (Å²) in [5.41, 5.74) is 17.0. The molecule has 284 valence electrons. The lowest BCUT2D eigenvalue weighted by molar-refractivity contribution is -0.136. The molecule has 1 saturated heterocycles. The van der Waals surface area contributed by atoms with Gasteiger partial charge in [-0.2, -0.15) is 0 Å². The lowest BCUT2D eigenvalue weighted by Crippen LogP contribution is -2.60. The van der Waals surface area contributed by atoms with Crippen LogP contribution in [0.3, 0.4) is 0 Å². The van der Waals surface area contributed by atoms with Crippen LogP contribution in [0.15, 0.2) is 35.3 Å². The fourth-order valence-corrected chi connectivity index (χ4v) is 5.55. The van der Waals surface area contributed by atoms with Gasteiger partial charge in [-0.25, -0.2) is 0 Å². The number of hydrogen-bond donors (Lipinski definition) is 10. The summed E-state index contributed by atoms with van der Waals surface area (Å²) in [6.45, 7) is 7.21. The van der Waals surface area contributed by atoms with Gasteiger partial charge in [-0.15, -0.1) is 0 Å². The van der Waals surface area contributed by atoms with Crippen LogP contribution in [0.25, 0.3) is 0 Å². The number of guanidine groups is 1. The number of aliphatic hydroxyl groups is 1. The van der Waals surface area contributed by atoms with Crippen molar-refractivity contribution in [2.24, 2.45) is 34.0 Å². The topological polar surface area (TPSA) is 285 Å². The molecule has 6 amide bonds. The summed E-state index contributed by atoms with van der Waals surface area (Å²) in [5.74, 6) is -4.48. The molecule has 0 aromatic heterocycles. The van der Waals surface area contributed by atoms with Crippen LogP contribution >= 0.6 is 0 Å². The van der Waals surface area contributed by atoms with E-state index < -0.39 is 72.4 Å². The van der Waals surface area contributed by atoms with E-state index in [-0.39, 0.29) is 49.5 Å². The van der Waals surface area contributed by atoms with Gasteiger partial charge < -0.3 is 54.2 Å². The van der Waals surface area contributed by atoms with Gasteiger partial charge in [0.15, 0.2) is 5.96 Å². The average molecular weight is 717 g/mol. The monoisotopic (exact) mass is 716 g/mol. The zero-order valence-electron chi connectivity index (χ0n) is 29.9. The van der Waals surface area contributed by atoms with E-state index in [0.717, 1.165) is 6.42 Å². The fourth-order valence-electron chi connectivity index (χ4n) is 5.55. The highest BCUT2D eigenvalue weighted by Crippen LogP contribution is 2.11. The maximum absolute atomic E-state index is 13.8. The number of nitrogens with zero attached hydrogens (tertiary/aromatic N) is 1. The van der Waals surface area contributed by atoms with Crippen LogP contribution in [0.5, 0.6) is 0 Å². The number of hydrogen-bond acceptors (Lipinski definition) is 9. The number of carbonyl (C=O) groups excluding carboxylic acids is 6. The van der Waals surface area contributed by atoms with E-state index in [2.05, 4.69) is 36.9 Å². The predicted molar refractivity (Wildman–Crippen MR) is 191 cm³/mol. The standard InChI is InChI=1S/C34H56N10O7/c1-19(2)16-24(32(50)44-27(20(3)4)28(35)46)41-31(49)25(17-21-10-6-5-7-11-21)42-33(51)26(18-45)43-30(48)23(13-9-15-39-34(36)37)40-29(47)22-12-8-14-38-22/h5-7,10-11,19-20,22-27,38,45H,8-9,12-18H2,1-4H3,(H2,35,46)(H,40,47)(H,41,49)(H,42,51)(H,43,48)(H,44,50)(H4,36,37,39)/t22-,23-,24-,25-,26-,27-/m0/s1. The number of aliphatic hydroxyl groups excluding tert-OH is 1. The van der Waals surface area contributed by atoms with Crippen molar-refractivity contribution in [3.63, 3.8) is 0 Å². The molecule has 13 N–H and O–H groups in total. The van der Waals surface area contributed by atoms with Gasteiger partial charge in [0.1, 0.15) is 30.2 Å². The second-order valence-electron chi connectivity index (χ2n) is 13.5. The Morgan fingerprint density at radius 2 is 1.41 bits per heavy atom. The molecule has 51 heavy (non-hydrogen) atoms. The van der Waals surface area contributed by atoms with Gasteiger partial charge in [0.2, 0.25) is 35.4 Å². The van der Waals surface area contributed by atoms with E-state index in [9.17, 15) is 33.9 Å². The summed E-state index contributed by atoms with van der Waals surface area (Å²) in [5, 5.41) is 26.4. The Morgan fingerprint density at radius 3 is 1.96 bits per heavy atom. The SMILES string of the molecule is CC(C)C[C@H](NC(=O)[C@H](Cc1ccccc1)NC(=O)[C@H](CO)NC(=O)[C@H](CCCN=C(N)N)NC(=O)[C@@H]1CCCN1)C(=O)N[C@H](C(N)=O)C(C)C. The highest BCUT2D eigenvalue weighted by atomic mass is 16.3. The quantitative estimate of drug-likeness (QED) is 0.0367. The van der Waals surface area contributed by atoms with E-state index in [0.29, 0.717) is 24.9 Å². The summed E-state index contributed by atoms with van der Waals surface area (Å²) < 4.78 is 0. The molecule has 2 rings (SSSR count). The lowest BCUT2D eigenvalue weighted by Gasteiger charge is -2.28. The number of primary amides is 1. The Labute approximate surface area is 299 Å². The molecule has 0 bridgehead atoms. The normalized spacial score (nSPS) is 17.0. The number of rotatable bonds is 21. The molecule has 1 heterocycles. The van der Waals surface area contributed by atoms with Gasteiger partial charge in [0, 0.05) is 13.0 Å². The lowest BCUT2D eigenvalue weighted by atomic mass is 9.99. The third-order valence-corrected chi connectivity index (χ3v) is 8.30. The molecule has 1 aromatic rings. The third-order valence-electron chi connectivity index (χ3n) is 8.30. The van der Waals surface area contributed by atoms with E-state index in [1.54, 1.807) is 44.2 Å². The Morgan fingerprint density at radius 1 is 0.824 bits per heavy atom. The number of nitrogens with one attached hydrogen (secondary N) is 6. The number of carbonyl (C=O) groups is 6. The van der Waals surface area contributed by atoms with Gasteiger partial charge in [-0.3, -0.25) is 33.8 Å².